The molecular formula is C23H15ClIN3O3. The van der Waals surface area contributed by atoms with E-state index in [0.717, 1.165) is 9.13 Å². The summed E-state index contributed by atoms with van der Waals surface area (Å²) in [5.74, 6) is 0.367. The predicted octanol–water partition coefficient (Wildman–Crippen LogP) is 6.03. The van der Waals surface area contributed by atoms with Crippen LogP contribution in [-0.2, 0) is 0 Å². The summed E-state index contributed by atoms with van der Waals surface area (Å²) in [6.45, 7) is 1.97. The summed E-state index contributed by atoms with van der Waals surface area (Å²) in [7, 11) is 0. The Morgan fingerprint density at radius 3 is 2.52 bits per heavy atom. The summed E-state index contributed by atoms with van der Waals surface area (Å²) < 4.78 is 2.44. The maximum Gasteiger partial charge on any atom is 0.278 e. The van der Waals surface area contributed by atoms with E-state index in [2.05, 4.69) is 27.6 Å². The third kappa shape index (κ3) is 4.38. The number of halogens is 2. The molecule has 0 aliphatic rings. The zero-order valence-corrected chi connectivity index (χ0v) is 19.2. The molecule has 1 heterocycles. The van der Waals surface area contributed by atoms with E-state index >= 15 is 0 Å². The SMILES string of the molecule is Cc1ccc(-n2c(C=Cc3ccc(Cl)cc3[N+](=O)[O-])nc3ccc(I)cc3c2=O)cc1. The molecule has 1 aromatic heterocycles. The van der Waals surface area contributed by atoms with Gasteiger partial charge < -0.3 is 0 Å². The first-order valence-corrected chi connectivity index (χ1v) is 10.7. The topological polar surface area (TPSA) is 78.0 Å². The Labute approximate surface area is 196 Å². The van der Waals surface area contributed by atoms with Crippen LogP contribution in [0.3, 0.4) is 0 Å². The third-order valence-corrected chi connectivity index (χ3v) is 5.66. The molecule has 0 spiro atoms. The van der Waals surface area contributed by atoms with Crippen LogP contribution in [0.5, 0.6) is 0 Å². The lowest BCUT2D eigenvalue weighted by atomic mass is 10.1. The lowest BCUT2D eigenvalue weighted by Crippen LogP contribution is -2.22. The summed E-state index contributed by atoms with van der Waals surface area (Å²) in [4.78, 5) is 29.0. The van der Waals surface area contributed by atoms with Gasteiger partial charge in [0, 0.05) is 14.7 Å². The van der Waals surface area contributed by atoms with Crippen molar-refractivity contribution in [2.75, 3.05) is 0 Å². The van der Waals surface area contributed by atoms with Gasteiger partial charge in [-0.2, -0.15) is 0 Å². The number of nitro benzene ring substituents is 1. The Hall–Kier alpha value is -3.04. The molecule has 31 heavy (non-hydrogen) atoms. The Morgan fingerprint density at radius 1 is 1.06 bits per heavy atom. The zero-order chi connectivity index (χ0) is 22.1. The van der Waals surface area contributed by atoms with E-state index in [1.54, 1.807) is 36.4 Å². The van der Waals surface area contributed by atoms with Gasteiger partial charge in [-0.3, -0.25) is 19.5 Å². The maximum atomic E-state index is 13.4. The second-order valence-corrected chi connectivity index (χ2v) is 8.58. The fourth-order valence-electron chi connectivity index (χ4n) is 3.21. The van der Waals surface area contributed by atoms with Crippen molar-refractivity contribution in [3.05, 3.63) is 107 Å². The van der Waals surface area contributed by atoms with Crippen LogP contribution in [-0.4, -0.2) is 14.5 Å². The summed E-state index contributed by atoms with van der Waals surface area (Å²) >= 11 is 8.06. The minimum absolute atomic E-state index is 0.122. The molecule has 154 valence electrons. The van der Waals surface area contributed by atoms with E-state index in [-0.39, 0.29) is 16.3 Å². The first-order chi connectivity index (χ1) is 14.8. The largest absolute Gasteiger partial charge is 0.278 e. The molecule has 3 aromatic carbocycles. The minimum Gasteiger partial charge on any atom is -0.268 e. The minimum atomic E-state index is -0.492. The highest BCUT2D eigenvalue weighted by atomic mass is 127. The van der Waals surface area contributed by atoms with Gasteiger partial charge in [-0.25, -0.2) is 4.98 Å². The molecule has 8 heteroatoms. The average Bonchev–Trinajstić information content (AvgIpc) is 2.74. The molecule has 0 unspecified atom stereocenters. The van der Waals surface area contributed by atoms with Crippen LogP contribution >= 0.6 is 34.2 Å². The van der Waals surface area contributed by atoms with E-state index in [0.29, 0.717) is 28.0 Å². The van der Waals surface area contributed by atoms with Gasteiger partial charge in [0.05, 0.1) is 27.1 Å². The van der Waals surface area contributed by atoms with Crippen LogP contribution in [0, 0.1) is 20.6 Å². The van der Waals surface area contributed by atoms with Crippen molar-refractivity contribution in [1.82, 2.24) is 9.55 Å². The number of aryl methyl sites for hydroxylation is 1. The van der Waals surface area contributed by atoms with Gasteiger partial charge in [0.2, 0.25) is 0 Å². The lowest BCUT2D eigenvalue weighted by molar-refractivity contribution is -0.385. The molecule has 4 aromatic rings. The van der Waals surface area contributed by atoms with Crippen molar-refractivity contribution >= 4 is 62.9 Å². The molecule has 0 N–H and O–H groups in total. The van der Waals surface area contributed by atoms with E-state index in [1.807, 2.05) is 37.3 Å². The van der Waals surface area contributed by atoms with Crippen molar-refractivity contribution in [1.29, 1.82) is 0 Å². The predicted molar refractivity (Wildman–Crippen MR) is 132 cm³/mol. The fourth-order valence-corrected chi connectivity index (χ4v) is 3.87. The molecule has 0 aliphatic heterocycles. The summed E-state index contributed by atoms with van der Waals surface area (Å²) in [5.41, 5.74) is 2.31. The monoisotopic (exact) mass is 543 g/mol. The first-order valence-electron chi connectivity index (χ1n) is 9.25. The Kier molecular flexibility index (Phi) is 5.88. The lowest BCUT2D eigenvalue weighted by Gasteiger charge is -2.12. The number of fused-ring (bicyclic) bond motifs is 1. The van der Waals surface area contributed by atoms with Crippen LogP contribution < -0.4 is 5.56 Å². The number of hydrogen-bond donors (Lipinski definition) is 0. The number of nitro groups is 1. The van der Waals surface area contributed by atoms with Crippen LogP contribution in [0.25, 0.3) is 28.7 Å². The molecular weight excluding hydrogens is 529 g/mol. The smallest absolute Gasteiger partial charge is 0.268 e. The van der Waals surface area contributed by atoms with Crippen LogP contribution in [0.4, 0.5) is 5.69 Å². The van der Waals surface area contributed by atoms with Crippen molar-refractivity contribution < 1.29 is 4.92 Å². The molecule has 0 aliphatic carbocycles. The molecule has 0 bridgehead atoms. The van der Waals surface area contributed by atoms with E-state index < -0.39 is 4.92 Å². The van der Waals surface area contributed by atoms with Gasteiger partial charge in [-0.05, 0) is 84.1 Å². The molecule has 0 atom stereocenters. The Morgan fingerprint density at radius 2 is 1.81 bits per heavy atom. The van der Waals surface area contributed by atoms with Crippen molar-refractivity contribution in [2.24, 2.45) is 0 Å². The highest BCUT2D eigenvalue weighted by molar-refractivity contribution is 14.1. The first kappa shape index (κ1) is 21.2. The van der Waals surface area contributed by atoms with Gasteiger partial charge in [-0.15, -0.1) is 0 Å². The molecule has 0 radical (unpaired) electrons. The quantitative estimate of drug-likeness (QED) is 0.179. The van der Waals surface area contributed by atoms with E-state index in [4.69, 9.17) is 11.6 Å². The number of rotatable bonds is 4. The number of nitrogens with zero attached hydrogens (tertiary/aromatic N) is 3. The van der Waals surface area contributed by atoms with Gasteiger partial charge >= 0.3 is 0 Å². The van der Waals surface area contributed by atoms with Gasteiger partial charge in [0.25, 0.3) is 11.2 Å². The summed E-state index contributed by atoms with van der Waals surface area (Å²) in [6, 6.07) is 17.4. The van der Waals surface area contributed by atoms with Crippen LogP contribution in [0.2, 0.25) is 5.02 Å². The van der Waals surface area contributed by atoms with Crippen molar-refractivity contribution in [3.8, 4) is 5.69 Å². The van der Waals surface area contributed by atoms with E-state index in [1.165, 1.54) is 10.6 Å². The summed E-state index contributed by atoms with van der Waals surface area (Å²) in [5, 5.41) is 12.2. The average molecular weight is 544 g/mol. The Balaban J connectivity index is 1.95. The normalized spacial score (nSPS) is 11.3. The Bertz CT molecular complexity index is 1410. The van der Waals surface area contributed by atoms with Gasteiger partial charge in [0.1, 0.15) is 5.82 Å². The molecule has 0 saturated carbocycles. The highest BCUT2D eigenvalue weighted by Gasteiger charge is 2.14. The van der Waals surface area contributed by atoms with Crippen LogP contribution in [0.1, 0.15) is 17.0 Å². The van der Waals surface area contributed by atoms with Crippen molar-refractivity contribution in [2.45, 2.75) is 6.92 Å². The second kappa shape index (κ2) is 8.60. The molecule has 0 amide bonds. The standard InChI is InChI=1S/C23H15ClIN3O3/c1-14-2-8-18(9-3-14)27-22(26-20-10-7-17(25)13-19(20)23(27)29)11-5-15-4-6-16(24)12-21(15)28(30)31/h2-13H,1H3. The van der Waals surface area contributed by atoms with Gasteiger partial charge in [0.15, 0.2) is 0 Å². The summed E-state index contributed by atoms with van der Waals surface area (Å²) in [6.07, 6.45) is 3.17. The molecule has 0 saturated heterocycles. The van der Waals surface area contributed by atoms with Crippen molar-refractivity contribution in [3.63, 3.8) is 0 Å². The molecule has 0 fully saturated rings. The highest BCUT2D eigenvalue weighted by Crippen LogP contribution is 2.25. The number of benzene rings is 3. The number of hydrogen-bond acceptors (Lipinski definition) is 4. The van der Waals surface area contributed by atoms with Crippen LogP contribution in [0.15, 0.2) is 65.5 Å². The molecule has 4 rings (SSSR count). The number of aromatic nitrogens is 2. The fraction of sp³-hybridized carbons (Fsp3) is 0.0435. The third-order valence-electron chi connectivity index (χ3n) is 4.75. The second-order valence-electron chi connectivity index (χ2n) is 6.90. The van der Waals surface area contributed by atoms with E-state index in [9.17, 15) is 14.9 Å². The zero-order valence-electron chi connectivity index (χ0n) is 16.3. The maximum absolute atomic E-state index is 13.4. The van der Waals surface area contributed by atoms with Gasteiger partial charge in [-0.1, -0.05) is 29.3 Å². The molecule has 6 nitrogen and oxygen atoms in total.